The van der Waals surface area contributed by atoms with Crippen molar-refractivity contribution >= 4 is 28.9 Å². The maximum absolute atomic E-state index is 13.1. The Morgan fingerprint density at radius 1 is 1.06 bits per heavy atom. The number of rotatable bonds is 3. The number of hydrogen-bond acceptors (Lipinski definition) is 1. The van der Waals surface area contributed by atoms with Crippen molar-refractivity contribution < 1.29 is 4.39 Å². The topological polar surface area (TPSA) is 12.0 Å². The van der Waals surface area contributed by atoms with E-state index in [2.05, 4.69) is 5.32 Å². The molecule has 0 fully saturated rings. The van der Waals surface area contributed by atoms with Crippen molar-refractivity contribution in [3.63, 3.8) is 0 Å². The van der Waals surface area contributed by atoms with Crippen LogP contribution in [0.1, 0.15) is 11.1 Å². The van der Waals surface area contributed by atoms with Crippen molar-refractivity contribution in [1.82, 2.24) is 0 Å². The van der Waals surface area contributed by atoms with E-state index in [9.17, 15) is 4.39 Å². The van der Waals surface area contributed by atoms with Crippen LogP contribution in [-0.4, -0.2) is 0 Å². The average Bonchev–Trinajstić information content (AvgIpc) is 2.34. The first-order valence-electron chi connectivity index (χ1n) is 5.50. The molecule has 0 unspecified atom stereocenters. The summed E-state index contributed by atoms with van der Waals surface area (Å²) in [6, 6.07) is 10.0. The molecule has 0 spiro atoms. The van der Waals surface area contributed by atoms with Crippen LogP contribution in [0.2, 0.25) is 10.0 Å². The number of nitrogens with one attached hydrogen (secondary N) is 1. The molecule has 0 aliphatic heterocycles. The van der Waals surface area contributed by atoms with E-state index in [-0.39, 0.29) is 5.82 Å². The lowest BCUT2D eigenvalue weighted by molar-refractivity contribution is 0.626. The average molecular weight is 284 g/mol. The molecule has 0 saturated heterocycles. The highest BCUT2D eigenvalue weighted by atomic mass is 35.5. The SMILES string of the molecule is Cc1ccc(Cl)c(NCc2cc(F)ccc2Cl)c1. The van der Waals surface area contributed by atoms with Crippen molar-refractivity contribution in [3.8, 4) is 0 Å². The van der Waals surface area contributed by atoms with Crippen LogP contribution in [0.4, 0.5) is 10.1 Å². The molecule has 1 N–H and O–H groups in total. The standard InChI is InChI=1S/C14H12Cl2FN/c1-9-2-4-13(16)14(6-9)18-8-10-7-11(17)3-5-12(10)15/h2-7,18H,8H2,1H3. The third kappa shape index (κ3) is 3.15. The van der Waals surface area contributed by atoms with Gasteiger partial charge in [0.15, 0.2) is 0 Å². The summed E-state index contributed by atoms with van der Waals surface area (Å²) in [6.45, 7) is 2.41. The van der Waals surface area contributed by atoms with Crippen LogP contribution in [0.3, 0.4) is 0 Å². The summed E-state index contributed by atoms with van der Waals surface area (Å²) in [5.74, 6) is -0.300. The lowest BCUT2D eigenvalue weighted by Crippen LogP contribution is -2.01. The molecule has 1 nitrogen and oxygen atoms in total. The predicted octanol–water partition coefficient (Wildman–Crippen LogP) is 5.05. The molecular formula is C14H12Cl2FN. The molecule has 18 heavy (non-hydrogen) atoms. The minimum Gasteiger partial charge on any atom is -0.380 e. The summed E-state index contributed by atoms with van der Waals surface area (Å²) in [4.78, 5) is 0. The van der Waals surface area contributed by atoms with Gasteiger partial charge in [-0.2, -0.15) is 0 Å². The second-order valence-corrected chi connectivity index (χ2v) is 4.89. The van der Waals surface area contributed by atoms with Crippen molar-refractivity contribution in [2.75, 3.05) is 5.32 Å². The van der Waals surface area contributed by atoms with E-state index in [1.54, 1.807) is 6.07 Å². The first kappa shape index (κ1) is 13.2. The third-order valence-electron chi connectivity index (χ3n) is 2.60. The van der Waals surface area contributed by atoms with Gasteiger partial charge in [-0.05, 0) is 48.4 Å². The van der Waals surface area contributed by atoms with Gasteiger partial charge in [0.1, 0.15) is 5.82 Å². The summed E-state index contributed by atoms with van der Waals surface area (Å²) in [5.41, 5.74) is 2.62. The summed E-state index contributed by atoms with van der Waals surface area (Å²) < 4.78 is 13.1. The smallest absolute Gasteiger partial charge is 0.123 e. The highest BCUT2D eigenvalue weighted by molar-refractivity contribution is 6.33. The van der Waals surface area contributed by atoms with Crippen LogP contribution in [-0.2, 0) is 6.54 Å². The van der Waals surface area contributed by atoms with Gasteiger partial charge < -0.3 is 5.32 Å². The number of halogens is 3. The van der Waals surface area contributed by atoms with Crippen molar-refractivity contribution in [3.05, 3.63) is 63.4 Å². The van der Waals surface area contributed by atoms with Gasteiger partial charge in [0.2, 0.25) is 0 Å². The molecule has 4 heteroatoms. The van der Waals surface area contributed by atoms with Crippen molar-refractivity contribution in [2.45, 2.75) is 13.5 Å². The Morgan fingerprint density at radius 3 is 2.56 bits per heavy atom. The molecule has 0 aliphatic carbocycles. The first-order chi connectivity index (χ1) is 8.56. The first-order valence-corrected chi connectivity index (χ1v) is 6.26. The Kier molecular flexibility index (Phi) is 4.10. The fourth-order valence-corrected chi connectivity index (χ4v) is 2.01. The number of anilines is 1. The van der Waals surface area contributed by atoms with Crippen molar-refractivity contribution in [1.29, 1.82) is 0 Å². The lowest BCUT2D eigenvalue weighted by Gasteiger charge is -2.10. The fourth-order valence-electron chi connectivity index (χ4n) is 1.64. The van der Waals surface area contributed by atoms with E-state index in [0.717, 1.165) is 11.3 Å². The van der Waals surface area contributed by atoms with Gasteiger partial charge in [-0.25, -0.2) is 4.39 Å². The van der Waals surface area contributed by atoms with E-state index in [0.29, 0.717) is 22.2 Å². The summed E-state index contributed by atoms with van der Waals surface area (Å²) >= 11 is 12.1. The molecule has 0 aliphatic rings. The Bertz CT molecular complexity index is 518. The highest BCUT2D eigenvalue weighted by Gasteiger charge is 2.04. The molecule has 2 aromatic rings. The van der Waals surface area contributed by atoms with Crippen LogP contribution in [0.15, 0.2) is 36.4 Å². The van der Waals surface area contributed by atoms with E-state index in [4.69, 9.17) is 23.2 Å². The van der Waals surface area contributed by atoms with Gasteiger partial charge in [-0.1, -0.05) is 29.3 Å². The quantitative estimate of drug-likeness (QED) is 0.831. The maximum atomic E-state index is 13.1. The molecule has 0 amide bonds. The van der Waals surface area contributed by atoms with E-state index in [1.807, 2.05) is 25.1 Å². The summed E-state index contributed by atoms with van der Waals surface area (Å²) in [5, 5.41) is 4.32. The number of hydrogen-bond donors (Lipinski definition) is 1. The molecule has 94 valence electrons. The molecule has 0 saturated carbocycles. The molecule has 0 heterocycles. The Hall–Kier alpha value is -1.25. The lowest BCUT2D eigenvalue weighted by atomic mass is 10.2. The molecule has 0 bridgehead atoms. The van der Waals surface area contributed by atoms with Crippen LogP contribution in [0.25, 0.3) is 0 Å². The van der Waals surface area contributed by atoms with Gasteiger partial charge in [0.25, 0.3) is 0 Å². The van der Waals surface area contributed by atoms with Gasteiger partial charge >= 0.3 is 0 Å². The summed E-state index contributed by atoms with van der Waals surface area (Å²) in [7, 11) is 0. The monoisotopic (exact) mass is 283 g/mol. The zero-order valence-corrected chi connectivity index (χ0v) is 11.3. The number of benzene rings is 2. The second-order valence-electron chi connectivity index (χ2n) is 4.07. The van der Waals surface area contributed by atoms with E-state index in [1.165, 1.54) is 12.1 Å². The van der Waals surface area contributed by atoms with Gasteiger partial charge in [-0.3, -0.25) is 0 Å². The molecule has 0 radical (unpaired) electrons. The molecule has 0 aromatic heterocycles. The molecular weight excluding hydrogens is 272 g/mol. The van der Waals surface area contributed by atoms with Gasteiger partial charge in [0.05, 0.1) is 10.7 Å². The summed E-state index contributed by atoms with van der Waals surface area (Å²) in [6.07, 6.45) is 0. The molecule has 2 rings (SSSR count). The minimum absolute atomic E-state index is 0.300. The van der Waals surface area contributed by atoms with Crippen LogP contribution in [0, 0.1) is 12.7 Å². The van der Waals surface area contributed by atoms with Crippen LogP contribution >= 0.6 is 23.2 Å². The van der Waals surface area contributed by atoms with Gasteiger partial charge in [0, 0.05) is 11.6 Å². The van der Waals surface area contributed by atoms with Crippen LogP contribution < -0.4 is 5.32 Å². The van der Waals surface area contributed by atoms with Crippen LogP contribution in [0.5, 0.6) is 0 Å². The zero-order chi connectivity index (χ0) is 13.1. The third-order valence-corrected chi connectivity index (χ3v) is 3.30. The Morgan fingerprint density at radius 2 is 1.78 bits per heavy atom. The largest absolute Gasteiger partial charge is 0.380 e. The maximum Gasteiger partial charge on any atom is 0.123 e. The van der Waals surface area contributed by atoms with E-state index < -0.39 is 0 Å². The number of aryl methyl sites for hydroxylation is 1. The normalized spacial score (nSPS) is 10.4. The van der Waals surface area contributed by atoms with Gasteiger partial charge in [-0.15, -0.1) is 0 Å². The molecule has 2 aromatic carbocycles. The van der Waals surface area contributed by atoms with E-state index >= 15 is 0 Å². The molecule has 0 atom stereocenters. The predicted molar refractivity (Wildman–Crippen MR) is 74.9 cm³/mol. The zero-order valence-electron chi connectivity index (χ0n) is 9.81. The Balaban J connectivity index is 2.16. The Labute approximate surface area is 116 Å². The minimum atomic E-state index is -0.300. The second kappa shape index (κ2) is 5.59. The van der Waals surface area contributed by atoms with Crippen molar-refractivity contribution in [2.24, 2.45) is 0 Å². The fraction of sp³-hybridized carbons (Fsp3) is 0.143. The highest BCUT2D eigenvalue weighted by Crippen LogP contribution is 2.24.